The van der Waals surface area contributed by atoms with E-state index in [0.29, 0.717) is 6.42 Å². The van der Waals surface area contributed by atoms with E-state index in [1.807, 2.05) is 6.92 Å². The van der Waals surface area contributed by atoms with Crippen LogP contribution < -0.4 is 5.32 Å². The highest BCUT2D eigenvalue weighted by Gasteiger charge is 2.18. The summed E-state index contributed by atoms with van der Waals surface area (Å²) in [4.78, 5) is 11.3. The highest BCUT2D eigenvalue weighted by atomic mass is 79.9. The minimum absolute atomic E-state index is 0.147. The van der Waals surface area contributed by atoms with Crippen molar-refractivity contribution in [2.45, 2.75) is 31.1 Å². The predicted octanol–water partition coefficient (Wildman–Crippen LogP) is 3.32. The van der Waals surface area contributed by atoms with Crippen LogP contribution in [0.3, 0.4) is 0 Å². The molecule has 1 amide bonds. The smallest absolute Gasteiger partial charge is 0.234 e. The molecule has 2 atom stereocenters. The highest BCUT2D eigenvalue weighted by Crippen LogP contribution is 2.18. The number of halogens is 3. The maximum absolute atomic E-state index is 13.4. The van der Waals surface area contributed by atoms with Crippen LogP contribution in [-0.2, 0) is 4.79 Å². The third-order valence-electron chi connectivity index (χ3n) is 2.43. The standard InChI is InChI=1S/C12H14BrF2NO/c1-3-10(13)12(17)16-7(2)9-6-8(14)4-5-11(9)15/h4-7,10H,3H2,1-2H3,(H,16,17). The average molecular weight is 306 g/mol. The van der Waals surface area contributed by atoms with E-state index in [-0.39, 0.29) is 16.3 Å². The van der Waals surface area contributed by atoms with Crippen LogP contribution in [0.2, 0.25) is 0 Å². The first kappa shape index (κ1) is 14.1. The van der Waals surface area contributed by atoms with Crippen LogP contribution in [0.1, 0.15) is 31.9 Å². The number of carbonyl (C=O) groups is 1. The van der Waals surface area contributed by atoms with Gasteiger partial charge >= 0.3 is 0 Å². The number of amides is 1. The van der Waals surface area contributed by atoms with E-state index < -0.39 is 17.7 Å². The van der Waals surface area contributed by atoms with Crippen molar-refractivity contribution in [3.63, 3.8) is 0 Å². The van der Waals surface area contributed by atoms with Gasteiger partial charge in [0.05, 0.1) is 10.9 Å². The van der Waals surface area contributed by atoms with Crippen LogP contribution in [0, 0.1) is 11.6 Å². The van der Waals surface area contributed by atoms with Gasteiger partial charge in [-0.05, 0) is 31.5 Å². The molecule has 5 heteroatoms. The fourth-order valence-corrected chi connectivity index (χ4v) is 1.55. The molecule has 2 unspecified atom stereocenters. The molecule has 1 aromatic rings. The lowest BCUT2D eigenvalue weighted by molar-refractivity contribution is -0.121. The molecule has 0 spiro atoms. The molecule has 1 rings (SSSR count). The molecule has 0 fully saturated rings. The van der Waals surface area contributed by atoms with Crippen molar-refractivity contribution in [1.82, 2.24) is 5.32 Å². The summed E-state index contributed by atoms with van der Waals surface area (Å²) in [6.45, 7) is 3.47. The van der Waals surface area contributed by atoms with Crippen LogP contribution in [-0.4, -0.2) is 10.7 Å². The van der Waals surface area contributed by atoms with E-state index in [0.717, 1.165) is 18.2 Å². The number of carbonyl (C=O) groups excluding carboxylic acids is 1. The second kappa shape index (κ2) is 6.10. The van der Waals surface area contributed by atoms with Crippen LogP contribution in [0.15, 0.2) is 18.2 Å². The van der Waals surface area contributed by atoms with E-state index in [1.54, 1.807) is 6.92 Å². The minimum atomic E-state index is -0.565. The Morgan fingerprint density at radius 2 is 2.12 bits per heavy atom. The minimum Gasteiger partial charge on any atom is -0.349 e. The fraction of sp³-hybridized carbons (Fsp3) is 0.417. The Morgan fingerprint density at radius 3 is 2.71 bits per heavy atom. The van der Waals surface area contributed by atoms with Gasteiger partial charge in [0.15, 0.2) is 0 Å². The molecule has 0 saturated heterocycles. The zero-order valence-electron chi connectivity index (χ0n) is 9.64. The van der Waals surface area contributed by atoms with E-state index in [4.69, 9.17) is 0 Å². The molecular formula is C12H14BrF2NO. The molecule has 0 aliphatic heterocycles. The number of rotatable bonds is 4. The van der Waals surface area contributed by atoms with Gasteiger partial charge in [-0.25, -0.2) is 8.78 Å². The number of nitrogens with one attached hydrogen (secondary N) is 1. The highest BCUT2D eigenvalue weighted by molar-refractivity contribution is 9.10. The van der Waals surface area contributed by atoms with Gasteiger partial charge in [0.1, 0.15) is 11.6 Å². The van der Waals surface area contributed by atoms with Crippen molar-refractivity contribution in [2.24, 2.45) is 0 Å². The normalized spacial score (nSPS) is 14.2. The Balaban J connectivity index is 2.79. The molecule has 0 aliphatic carbocycles. The third kappa shape index (κ3) is 3.77. The number of benzene rings is 1. The number of hydrogen-bond acceptors (Lipinski definition) is 1. The fourth-order valence-electron chi connectivity index (χ4n) is 1.41. The van der Waals surface area contributed by atoms with Gasteiger partial charge in [-0.15, -0.1) is 0 Å². The zero-order chi connectivity index (χ0) is 13.0. The van der Waals surface area contributed by atoms with Gasteiger partial charge < -0.3 is 5.32 Å². The lowest BCUT2D eigenvalue weighted by atomic mass is 10.1. The maximum atomic E-state index is 13.4. The van der Waals surface area contributed by atoms with Crippen molar-refractivity contribution in [1.29, 1.82) is 0 Å². The van der Waals surface area contributed by atoms with E-state index in [2.05, 4.69) is 21.2 Å². The molecular weight excluding hydrogens is 292 g/mol. The summed E-state index contributed by atoms with van der Waals surface area (Å²) in [7, 11) is 0. The molecule has 0 aliphatic rings. The molecule has 0 radical (unpaired) electrons. The summed E-state index contributed by atoms with van der Waals surface area (Å²) in [5, 5.41) is 2.62. The first-order chi connectivity index (χ1) is 7.95. The Kier molecular flexibility index (Phi) is 5.05. The van der Waals surface area contributed by atoms with Gasteiger partial charge in [0.25, 0.3) is 0 Å². The van der Waals surface area contributed by atoms with Crippen LogP contribution in [0.25, 0.3) is 0 Å². The summed E-state index contributed by atoms with van der Waals surface area (Å²) < 4.78 is 26.4. The first-order valence-corrected chi connectivity index (χ1v) is 6.26. The van der Waals surface area contributed by atoms with E-state index in [9.17, 15) is 13.6 Å². The van der Waals surface area contributed by atoms with Gasteiger partial charge in [-0.1, -0.05) is 22.9 Å². The maximum Gasteiger partial charge on any atom is 0.234 e. The average Bonchev–Trinajstić information content (AvgIpc) is 2.30. The van der Waals surface area contributed by atoms with Crippen molar-refractivity contribution in [3.8, 4) is 0 Å². The Hall–Kier alpha value is -0.970. The van der Waals surface area contributed by atoms with Crippen molar-refractivity contribution in [3.05, 3.63) is 35.4 Å². The van der Waals surface area contributed by atoms with Gasteiger partial charge in [-0.3, -0.25) is 4.79 Å². The predicted molar refractivity (Wildman–Crippen MR) is 65.9 cm³/mol. The van der Waals surface area contributed by atoms with Crippen LogP contribution >= 0.6 is 15.9 Å². The number of hydrogen-bond donors (Lipinski definition) is 1. The molecule has 0 heterocycles. The van der Waals surface area contributed by atoms with Crippen molar-refractivity contribution in [2.75, 3.05) is 0 Å². The monoisotopic (exact) mass is 305 g/mol. The van der Waals surface area contributed by atoms with Gasteiger partial charge in [0, 0.05) is 5.56 Å². The third-order valence-corrected chi connectivity index (χ3v) is 3.49. The second-order valence-electron chi connectivity index (χ2n) is 3.77. The van der Waals surface area contributed by atoms with E-state index >= 15 is 0 Å². The number of alkyl halides is 1. The molecule has 0 bridgehead atoms. The zero-order valence-corrected chi connectivity index (χ0v) is 11.2. The largest absolute Gasteiger partial charge is 0.349 e. The summed E-state index contributed by atoms with van der Waals surface area (Å²) in [5.74, 6) is -1.28. The first-order valence-electron chi connectivity index (χ1n) is 5.35. The molecule has 17 heavy (non-hydrogen) atoms. The summed E-state index contributed by atoms with van der Waals surface area (Å²) >= 11 is 3.20. The SMILES string of the molecule is CCC(Br)C(=O)NC(C)c1cc(F)ccc1F. The Morgan fingerprint density at radius 1 is 1.47 bits per heavy atom. The molecule has 1 N–H and O–H groups in total. The molecule has 1 aromatic carbocycles. The van der Waals surface area contributed by atoms with Crippen LogP contribution in [0.5, 0.6) is 0 Å². The van der Waals surface area contributed by atoms with Gasteiger partial charge in [0.2, 0.25) is 5.91 Å². The van der Waals surface area contributed by atoms with Crippen molar-refractivity contribution >= 4 is 21.8 Å². The summed E-state index contributed by atoms with van der Waals surface area (Å²) in [5.41, 5.74) is 0.147. The quantitative estimate of drug-likeness (QED) is 0.850. The Labute approximate surface area is 108 Å². The summed E-state index contributed by atoms with van der Waals surface area (Å²) in [6.07, 6.45) is 0.629. The van der Waals surface area contributed by atoms with Crippen molar-refractivity contribution < 1.29 is 13.6 Å². The lowest BCUT2D eigenvalue weighted by Crippen LogP contribution is -2.33. The molecule has 94 valence electrons. The lowest BCUT2D eigenvalue weighted by Gasteiger charge is -2.17. The van der Waals surface area contributed by atoms with Crippen LogP contribution in [0.4, 0.5) is 8.78 Å². The van der Waals surface area contributed by atoms with E-state index in [1.165, 1.54) is 0 Å². The topological polar surface area (TPSA) is 29.1 Å². The Bertz CT molecular complexity index is 411. The molecule has 0 saturated carbocycles. The van der Waals surface area contributed by atoms with Gasteiger partial charge in [-0.2, -0.15) is 0 Å². The second-order valence-corrected chi connectivity index (χ2v) is 4.88. The summed E-state index contributed by atoms with van der Waals surface area (Å²) in [6, 6.07) is 2.63. The molecule has 0 aromatic heterocycles. The molecule has 2 nitrogen and oxygen atoms in total.